The van der Waals surface area contributed by atoms with Gasteiger partial charge in [-0.15, -0.1) is 22.7 Å². The molecule has 0 radical (unpaired) electrons. The molecule has 66 valence electrons. The summed E-state index contributed by atoms with van der Waals surface area (Å²) in [6.45, 7) is 0. The molecule has 0 aliphatic rings. The van der Waals surface area contributed by atoms with Gasteiger partial charge in [-0.25, -0.2) is 9.97 Å². The van der Waals surface area contributed by atoms with Gasteiger partial charge in [-0.05, 0) is 22.6 Å². The first-order chi connectivity index (χ1) is 6.29. The average Bonchev–Trinajstić information content (AvgIpc) is 2.71. The average molecular weight is 322 g/mol. The molecule has 0 aliphatic heterocycles. The minimum atomic E-state index is 0.477. The molecule has 0 aliphatic carbocycles. The van der Waals surface area contributed by atoms with Crippen LogP contribution in [-0.2, 0) is 0 Å². The molecule has 0 spiro atoms. The van der Waals surface area contributed by atoms with Crippen LogP contribution in [0, 0.1) is 2.88 Å². The quantitative estimate of drug-likeness (QED) is 0.631. The number of carbonyl (C=O) groups is 1. The van der Waals surface area contributed by atoms with Crippen molar-refractivity contribution in [1.29, 1.82) is 0 Å². The first-order valence-corrected chi connectivity index (χ1v) is 6.09. The van der Waals surface area contributed by atoms with Crippen molar-refractivity contribution >= 4 is 51.6 Å². The molecule has 0 unspecified atom stereocenters. The lowest BCUT2D eigenvalue weighted by Crippen LogP contribution is -1.78. The van der Waals surface area contributed by atoms with Crippen LogP contribution >= 0.6 is 45.3 Å². The van der Waals surface area contributed by atoms with E-state index in [4.69, 9.17) is 0 Å². The van der Waals surface area contributed by atoms with Gasteiger partial charge in [0, 0.05) is 5.38 Å². The number of hydrogen-bond acceptors (Lipinski definition) is 5. The number of aromatic nitrogens is 2. The van der Waals surface area contributed by atoms with Crippen LogP contribution in [0.2, 0.25) is 0 Å². The van der Waals surface area contributed by atoms with Gasteiger partial charge in [0.2, 0.25) is 0 Å². The Labute approximate surface area is 96.0 Å². The van der Waals surface area contributed by atoms with Crippen molar-refractivity contribution in [3.63, 3.8) is 0 Å². The second-order valence-corrected chi connectivity index (χ2v) is 5.95. The molecule has 13 heavy (non-hydrogen) atoms. The van der Waals surface area contributed by atoms with Gasteiger partial charge in [-0.2, -0.15) is 0 Å². The van der Waals surface area contributed by atoms with Gasteiger partial charge in [0.25, 0.3) is 0 Å². The molecule has 2 heterocycles. The van der Waals surface area contributed by atoms with Gasteiger partial charge in [0.1, 0.15) is 5.69 Å². The lowest BCUT2D eigenvalue weighted by Gasteiger charge is -1.83. The number of nitrogens with zero attached hydrogens (tertiary/aromatic N) is 2. The Morgan fingerprint density at radius 3 is 2.85 bits per heavy atom. The number of rotatable bonds is 2. The predicted molar refractivity (Wildman–Crippen MR) is 61.3 cm³/mol. The monoisotopic (exact) mass is 322 g/mol. The SMILES string of the molecule is O=Cc1csc(-c2ncc(I)s2)n1. The van der Waals surface area contributed by atoms with E-state index >= 15 is 0 Å². The standard InChI is InChI=1S/C7H3IN2OS2/c8-5-1-9-6(13-5)7-10-4(2-11)3-12-7/h1-3H. The maximum atomic E-state index is 10.4. The minimum Gasteiger partial charge on any atom is -0.296 e. The summed E-state index contributed by atoms with van der Waals surface area (Å²) in [4.78, 5) is 18.7. The van der Waals surface area contributed by atoms with Crippen LogP contribution in [0.4, 0.5) is 0 Å². The normalized spacial score (nSPS) is 10.2. The van der Waals surface area contributed by atoms with Crippen LogP contribution in [-0.4, -0.2) is 16.3 Å². The number of thiazole rings is 2. The highest BCUT2D eigenvalue weighted by Gasteiger charge is 2.07. The molecule has 0 aromatic carbocycles. The van der Waals surface area contributed by atoms with Gasteiger partial charge in [-0.1, -0.05) is 0 Å². The summed E-state index contributed by atoms with van der Waals surface area (Å²) in [7, 11) is 0. The molecule has 0 saturated carbocycles. The van der Waals surface area contributed by atoms with E-state index in [1.54, 1.807) is 22.9 Å². The first kappa shape index (κ1) is 9.22. The van der Waals surface area contributed by atoms with E-state index in [1.807, 2.05) is 0 Å². The molecule has 2 aromatic rings. The Hall–Kier alpha value is -0.340. The third-order valence-electron chi connectivity index (χ3n) is 1.30. The molecule has 0 atom stereocenters. The second-order valence-electron chi connectivity index (χ2n) is 2.16. The Kier molecular flexibility index (Phi) is 2.70. The zero-order chi connectivity index (χ0) is 9.26. The Morgan fingerprint density at radius 2 is 2.31 bits per heavy atom. The molecule has 0 fully saturated rings. The highest BCUT2D eigenvalue weighted by Crippen LogP contribution is 2.28. The minimum absolute atomic E-state index is 0.477. The molecular formula is C7H3IN2OS2. The van der Waals surface area contributed by atoms with Crippen molar-refractivity contribution in [1.82, 2.24) is 9.97 Å². The summed E-state index contributed by atoms with van der Waals surface area (Å²) in [5.41, 5.74) is 0.477. The van der Waals surface area contributed by atoms with Gasteiger partial charge in [-0.3, -0.25) is 4.79 Å². The van der Waals surface area contributed by atoms with Crippen molar-refractivity contribution in [3.05, 3.63) is 20.2 Å². The van der Waals surface area contributed by atoms with E-state index in [1.165, 1.54) is 11.3 Å². The van der Waals surface area contributed by atoms with Crippen LogP contribution < -0.4 is 0 Å². The van der Waals surface area contributed by atoms with Crippen molar-refractivity contribution in [2.24, 2.45) is 0 Å². The summed E-state index contributed by atoms with van der Waals surface area (Å²) in [5.74, 6) is 0. The molecule has 3 nitrogen and oxygen atoms in total. The number of carbonyl (C=O) groups excluding carboxylic acids is 1. The van der Waals surface area contributed by atoms with E-state index in [0.717, 1.165) is 19.2 Å². The zero-order valence-corrected chi connectivity index (χ0v) is 10.0. The molecule has 0 N–H and O–H groups in total. The van der Waals surface area contributed by atoms with E-state index < -0.39 is 0 Å². The summed E-state index contributed by atoms with van der Waals surface area (Å²) in [5, 5.41) is 3.42. The number of halogens is 1. The molecular weight excluding hydrogens is 319 g/mol. The fourth-order valence-corrected chi connectivity index (χ4v) is 3.01. The summed E-state index contributed by atoms with van der Waals surface area (Å²) in [6.07, 6.45) is 2.54. The molecule has 0 bridgehead atoms. The maximum Gasteiger partial charge on any atom is 0.169 e. The molecule has 0 saturated heterocycles. The fourth-order valence-electron chi connectivity index (χ4n) is 0.792. The van der Waals surface area contributed by atoms with Crippen molar-refractivity contribution in [2.45, 2.75) is 0 Å². The Balaban J connectivity index is 2.40. The van der Waals surface area contributed by atoms with Crippen LogP contribution in [0.15, 0.2) is 11.6 Å². The molecule has 6 heteroatoms. The number of hydrogen-bond donors (Lipinski definition) is 0. The van der Waals surface area contributed by atoms with Crippen LogP contribution in [0.5, 0.6) is 0 Å². The summed E-state index contributed by atoms with van der Waals surface area (Å²) in [6, 6.07) is 0. The van der Waals surface area contributed by atoms with Crippen LogP contribution in [0.3, 0.4) is 0 Å². The molecule has 2 aromatic heterocycles. The van der Waals surface area contributed by atoms with E-state index in [0.29, 0.717) is 5.69 Å². The van der Waals surface area contributed by atoms with Gasteiger partial charge in [0.15, 0.2) is 16.3 Å². The Bertz CT molecular complexity index is 437. The highest BCUT2D eigenvalue weighted by atomic mass is 127. The molecule has 2 rings (SSSR count). The topological polar surface area (TPSA) is 42.9 Å². The third kappa shape index (κ3) is 1.94. The van der Waals surface area contributed by atoms with Gasteiger partial charge < -0.3 is 0 Å². The lowest BCUT2D eigenvalue weighted by molar-refractivity contribution is 0.111. The van der Waals surface area contributed by atoms with E-state index in [-0.39, 0.29) is 0 Å². The van der Waals surface area contributed by atoms with E-state index in [9.17, 15) is 4.79 Å². The third-order valence-corrected chi connectivity index (χ3v) is 4.03. The predicted octanol–water partition coefficient (Wildman–Crippen LogP) is 2.68. The fraction of sp³-hybridized carbons (Fsp3) is 0. The second kappa shape index (κ2) is 3.81. The van der Waals surface area contributed by atoms with Crippen LogP contribution in [0.25, 0.3) is 10.0 Å². The zero-order valence-electron chi connectivity index (χ0n) is 6.23. The van der Waals surface area contributed by atoms with Gasteiger partial charge >= 0.3 is 0 Å². The van der Waals surface area contributed by atoms with E-state index in [2.05, 4.69) is 32.6 Å². The van der Waals surface area contributed by atoms with Crippen molar-refractivity contribution in [2.75, 3.05) is 0 Å². The van der Waals surface area contributed by atoms with Crippen molar-refractivity contribution < 1.29 is 4.79 Å². The molecule has 0 amide bonds. The van der Waals surface area contributed by atoms with Crippen LogP contribution in [0.1, 0.15) is 10.5 Å². The van der Waals surface area contributed by atoms with Gasteiger partial charge in [0.05, 0.1) is 9.08 Å². The summed E-state index contributed by atoms with van der Waals surface area (Å²) < 4.78 is 1.12. The number of aldehydes is 1. The maximum absolute atomic E-state index is 10.4. The highest BCUT2D eigenvalue weighted by molar-refractivity contribution is 14.1. The smallest absolute Gasteiger partial charge is 0.169 e. The Morgan fingerprint density at radius 1 is 1.46 bits per heavy atom. The largest absolute Gasteiger partial charge is 0.296 e. The first-order valence-electron chi connectivity index (χ1n) is 3.32. The van der Waals surface area contributed by atoms with Crippen molar-refractivity contribution in [3.8, 4) is 10.0 Å². The summed E-state index contributed by atoms with van der Waals surface area (Å²) >= 11 is 5.22. The lowest BCUT2D eigenvalue weighted by atomic mass is 10.5.